The summed E-state index contributed by atoms with van der Waals surface area (Å²) in [6.07, 6.45) is -0.594. The number of halogens is 1. The number of aliphatic hydroxyl groups is 1. The third kappa shape index (κ3) is 6.41. The van der Waals surface area contributed by atoms with Gasteiger partial charge in [-0.15, -0.1) is 0 Å². The molecule has 0 aliphatic heterocycles. The van der Waals surface area contributed by atoms with E-state index in [0.717, 1.165) is 4.47 Å². The van der Waals surface area contributed by atoms with Crippen LogP contribution in [0, 0.1) is 0 Å². The molecule has 0 radical (unpaired) electrons. The van der Waals surface area contributed by atoms with Crippen LogP contribution in [0.2, 0.25) is 0 Å². The third-order valence-electron chi connectivity index (χ3n) is 2.33. The minimum absolute atomic E-state index is 0.0435. The maximum absolute atomic E-state index is 12.3. The summed E-state index contributed by atoms with van der Waals surface area (Å²) in [6, 6.07) is 5.20. The van der Waals surface area contributed by atoms with E-state index in [0.29, 0.717) is 11.3 Å². The lowest BCUT2D eigenvalue weighted by molar-refractivity contribution is 0.0970. The first-order valence-corrected chi connectivity index (χ1v) is 7.73. The molecule has 0 aliphatic carbocycles. The van der Waals surface area contributed by atoms with Gasteiger partial charge < -0.3 is 15.2 Å². The summed E-state index contributed by atoms with van der Waals surface area (Å²) in [5.74, 6) is 0.124. The minimum Gasteiger partial charge on any atom is -0.490 e. The number of amides is 1. The predicted octanol–water partition coefficient (Wildman–Crippen LogP) is 2.22. The molecule has 0 saturated heterocycles. The fourth-order valence-electron chi connectivity index (χ4n) is 1.49. The Labute approximate surface area is 138 Å². The highest BCUT2D eigenvalue weighted by atomic mass is 79.9. The fourth-order valence-corrected chi connectivity index (χ4v) is 2.03. The monoisotopic (exact) mass is 374 g/mol. The minimum atomic E-state index is -0.550. The Hall–Kier alpha value is -1.18. The molecule has 21 heavy (non-hydrogen) atoms. The summed E-state index contributed by atoms with van der Waals surface area (Å²) in [6.45, 7) is 5.67. The number of aliphatic hydroxyl groups excluding tert-OH is 1. The van der Waals surface area contributed by atoms with Crippen molar-refractivity contribution >= 4 is 39.2 Å². The number of carbonyl (C=O) groups is 1. The topological polar surface area (TPSA) is 70.6 Å². The molecule has 1 aromatic carbocycles. The van der Waals surface area contributed by atoms with Gasteiger partial charge in [0.05, 0.1) is 17.8 Å². The van der Waals surface area contributed by atoms with Crippen molar-refractivity contribution in [3.05, 3.63) is 28.2 Å². The van der Waals surface area contributed by atoms with Gasteiger partial charge in [-0.3, -0.25) is 10.1 Å². The number of benzene rings is 1. The molecular weight excluding hydrogens is 356 g/mol. The second kappa shape index (κ2) is 8.31. The van der Waals surface area contributed by atoms with Gasteiger partial charge >= 0.3 is 0 Å². The molecule has 0 fully saturated rings. The van der Waals surface area contributed by atoms with Crippen LogP contribution in [0.15, 0.2) is 22.7 Å². The lowest BCUT2D eigenvalue weighted by atomic mass is 10.2. The van der Waals surface area contributed by atoms with E-state index in [2.05, 4.69) is 26.6 Å². The van der Waals surface area contributed by atoms with Crippen LogP contribution in [0.4, 0.5) is 0 Å². The highest BCUT2D eigenvalue weighted by Crippen LogP contribution is 2.24. The van der Waals surface area contributed by atoms with Crippen molar-refractivity contribution in [1.82, 2.24) is 10.6 Å². The fraction of sp³-hybridized carbons (Fsp3) is 0.429. The maximum atomic E-state index is 12.3. The molecule has 116 valence electrons. The van der Waals surface area contributed by atoms with Crippen molar-refractivity contribution in [3.63, 3.8) is 0 Å². The SMILES string of the molecule is CC(O)CNC(=S)NC(=O)c1cc(Br)ccc1OC(C)C. The summed E-state index contributed by atoms with van der Waals surface area (Å²) in [5, 5.41) is 14.7. The molecule has 0 aliphatic rings. The van der Waals surface area contributed by atoms with Crippen LogP contribution in [-0.2, 0) is 0 Å². The molecule has 0 bridgehead atoms. The molecule has 0 saturated carbocycles. The maximum Gasteiger partial charge on any atom is 0.261 e. The predicted molar refractivity (Wildman–Crippen MR) is 89.7 cm³/mol. The van der Waals surface area contributed by atoms with Crippen LogP contribution < -0.4 is 15.4 Å². The Balaban J connectivity index is 2.81. The quantitative estimate of drug-likeness (QED) is 0.689. The van der Waals surface area contributed by atoms with Crippen molar-refractivity contribution in [2.75, 3.05) is 6.54 Å². The summed E-state index contributed by atoms with van der Waals surface area (Å²) < 4.78 is 6.39. The van der Waals surface area contributed by atoms with Crippen molar-refractivity contribution in [2.45, 2.75) is 33.0 Å². The molecule has 1 aromatic rings. The lowest BCUT2D eigenvalue weighted by Crippen LogP contribution is -2.42. The Kier molecular flexibility index (Phi) is 7.07. The average molecular weight is 375 g/mol. The van der Waals surface area contributed by atoms with E-state index in [1.807, 2.05) is 13.8 Å². The Morgan fingerprint density at radius 2 is 2.10 bits per heavy atom. The second-order valence-corrected chi connectivity index (χ2v) is 6.14. The van der Waals surface area contributed by atoms with Crippen LogP contribution in [-0.4, -0.2) is 34.9 Å². The molecule has 7 heteroatoms. The number of carbonyl (C=O) groups excluding carboxylic acids is 1. The van der Waals surface area contributed by atoms with Gasteiger partial charge in [0.15, 0.2) is 5.11 Å². The molecular formula is C14H19BrN2O3S. The zero-order chi connectivity index (χ0) is 16.0. The number of thiocarbonyl (C=S) groups is 1. The molecule has 0 spiro atoms. The zero-order valence-electron chi connectivity index (χ0n) is 12.1. The van der Waals surface area contributed by atoms with Crippen LogP contribution in [0.25, 0.3) is 0 Å². The van der Waals surface area contributed by atoms with E-state index in [-0.39, 0.29) is 23.7 Å². The second-order valence-electron chi connectivity index (χ2n) is 4.82. The first-order chi connectivity index (χ1) is 9.79. The van der Waals surface area contributed by atoms with Gasteiger partial charge in [-0.05, 0) is 51.2 Å². The smallest absolute Gasteiger partial charge is 0.261 e. The average Bonchev–Trinajstić information content (AvgIpc) is 2.37. The summed E-state index contributed by atoms with van der Waals surface area (Å²) in [5.41, 5.74) is 0.388. The normalized spacial score (nSPS) is 11.9. The highest BCUT2D eigenvalue weighted by molar-refractivity contribution is 9.10. The van der Waals surface area contributed by atoms with Crippen molar-refractivity contribution < 1.29 is 14.6 Å². The van der Waals surface area contributed by atoms with Crippen LogP contribution >= 0.6 is 28.1 Å². The van der Waals surface area contributed by atoms with Crippen LogP contribution in [0.5, 0.6) is 5.75 Å². The van der Waals surface area contributed by atoms with Gasteiger partial charge in [0, 0.05) is 11.0 Å². The zero-order valence-corrected chi connectivity index (χ0v) is 14.5. The molecule has 3 N–H and O–H groups in total. The summed E-state index contributed by atoms with van der Waals surface area (Å²) in [7, 11) is 0. The van der Waals surface area contributed by atoms with Gasteiger partial charge in [-0.1, -0.05) is 15.9 Å². The number of ether oxygens (including phenoxy) is 1. The molecule has 1 unspecified atom stereocenters. The van der Waals surface area contributed by atoms with Gasteiger partial charge in [0.1, 0.15) is 5.75 Å². The summed E-state index contributed by atoms with van der Waals surface area (Å²) in [4.78, 5) is 12.3. The molecule has 5 nitrogen and oxygen atoms in total. The van der Waals surface area contributed by atoms with E-state index in [1.165, 1.54) is 0 Å². The first-order valence-electron chi connectivity index (χ1n) is 6.53. The highest BCUT2D eigenvalue weighted by Gasteiger charge is 2.15. The van der Waals surface area contributed by atoms with Gasteiger partial charge in [-0.25, -0.2) is 0 Å². The Morgan fingerprint density at radius 3 is 2.67 bits per heavy atom. The Morgan fingerprint density at radius 1 is 1.43 bits per heavy atom. The molecule has 1 amide bonds. The summed E-state index contributed by atoms with van der Waals surface area (Å²) >= 11 is 8.34. The Bertz CT molecular complexity index is 521. The number of hydrogen-bond acceptors (Lipinski definition) is 4. The van der Waals surface area contributed by atoms with E-state index < -0.39 is 6.10 Å². The first kappa shape index (κ1) is 17.9. The number of rotatable bonds is 5. The number of nitrogens with one attached hydrogen (secondary N) is 2. The van der Waals surface area contributed by atoms with Crippen LogP contribution in [0.3, 0.4) is 0 Å². The molecule has 0 aromatic heterocycles. The van der Waals surface area contributed by atoms with E-state index >= 15 is 0 Å². The van der Waals surface area contributed by atoms with Crippen molar-refractivity contribution in [1.29, 1.82) is 0 Å². The third-order valence-corrected chi connectivity index (χ3v) is 3.07. The molecule has 0 heterocycles. The van der Waals surface area contributed by atoms with Crippen molar-refractivity contribution in [3.8, 4) is 5.75 Å². The van der Waals surface area contributed by atoms with E-state index in [1.54, 1.807) is 25.1 Å². The lowest BCUT2D eigenvalue weighted by Gasteiger charge is -2.15. The van der Waals surface area contributed by atoms with Gasteiger partial charge in [0.25, 0.3) is 5.91 Å². The van der Waals surface area contributed by atoms with E-state index in [4.69, 9.17) is 17.0 Å². The largest absolute Gasteiger partial charge is 0.490 e. The molecule has 1 atom stereocenters. The molecule has 1 rings (SSSR count). The van der Waals surface area contributed by atoms with Crippen molar-refractivity contribution in [2.24, 2.45) is 0 Å². The standard InChI is InChI=1S/C14H19BrN2O3S/c1-8(2)20-12-5-4-10(15)6-11(12)13(19)17-14(21)16-7-9(3)18/h4-6,8-9,18H,7H2,1-3H3,(H2,16,17,19,21). The van der Waals surface area contributed by atoms with Gasteiger partial charge in [0.2, 0.25) is 0 Å². The van der Waals surface area contributed by atoms with E-state index in [9.17, 15) is 9.90 Å². The van der Waals surface area contributed by atoms with Crippen LogP contribution in [0.1, 0.15) is 31.1 Å². The number of hydrogen-bond donors (Lipinski definition) is 3. The van der Waals surface area contributed by atoms with Gasteiger partial charge in [-0.2, -0.15) is 0 Å².